The number of hydrogen-bond donors (Lipinski definition) is 3. The SMILES string of the molecule is CCCCCCCCc1ccc(N)cc1.CCCCCCCCc1ccc(N2CCC(O)C2)cc1.OC(CBr)CCBr. The van der Waals surface area contributed by atoms with Gasteiger partial charge in [0.15, 0.2) is 0 Å². The first-order chi connectivity index (χ1) is 20.4. The van der Waals surface area contributed by atoms with Crippen LogP contribution in [0, 0.1) is 0 Å². The minimum Gasteiger partial charge on any atom is -0.399 e. The Bertz CT molecular complexity index is 864. The fourth-order valence-electron chi connectivity index (χ4n) is 4.96. The second-order valence-corrected chi connectivity index (χ2v) is 13.1. The van der Waals surface area contributed by atoms with E-state index in [1.165, 1.54) is 107 Å². The van der Waals surface area contributed by atoms with Crippen molar-refractivity contribution < 1.29 is 10.2 Å². The van der Waals surface area contributed by atoms with Crippen LogP contribution in [0.5, 0.6) is 0 Å². The number of nitrogens with zero attached hydrogens (tertiary/aromatic N) is 1. The van der Waals surface area contributed by atoms with Gasteiger partial charge in [-0.3, -0.25) is 0 Å². The van der Waals surface area contributed by atoms with Crippen LogP contribution in [0.2, 0.25) is 0 Å². The molecule has 1 fully saturated rings. The molecular weight excluding hydrogens is 652 g/mol. The van der Waals surface area contributed by atoms with Crippen LogP contribution in [0.25, 0.3) is 0 Å². The van der Waals surface area contributed by atoms with E-state index in [0.717, 1.165) is 36.9 Å². The lowest BCUT2D eigenvalue weighted by Gasteiger charge is -2.18. The molecule has 4 nitrogen and oxygen atoms in total. The molecule has 2 aromatic carbocycles. The Morgan fingerprint density at radius 3 is 1.64 bits per heavy atom. The zero-order valence-electron chi connectivity index (χ0n) is 26.6. The number of halogens is 2. The molecule has 1 saturated heterocycles. The monoisotopic (exact) mass is 710 g/mol. The molecule has 0 spiro atoms. The first kappa shape index (κ1) is 38.9. The molecule has 2 unspecified atom stereocenters. The molecular formula is C36H60Br2N2O2. The van der Waals surface area contributed by atoms with Crippen molar-refractivity contribution >= 4 is 43.2 Å². The summed E-state index contributed by atoms with van der Waals surface area (Å²) in [6.45, 7) is 6.30. The van der Waals surface area contributed by atoms with Gasteiger partial charge in [-0.1, -0.05) is 134 Å². The molecule has 6 heteroatoms. The maximum absolute atomic E-state index is 9.58. The molecule has 0 bridgehead atoms. The number of aryl methyl sites for hydroxylation is 2. The van der Waals surface area contributed by atoms with Gasteiger partial charge in [0.05, 0.1) is 12.2 Å². The van der Waals surface area contributed by atoms with E-state index in [2.05, 4.69) is 87.0 Å². The van der Waals surface area contributed by atoms with Gasteiger partial charge in [0.1, 0.15) is 0 Å². The smallest absolute Gasteiger partial charge is 0.0731 e. The van der Waals surface area contributed by atoms with Crippen LogP contribution in [0.15, 0.2) is 48.5 Å². The van der Waals surface area contributed by atoms with E-state index in [-0.39, 0.29) is 12.2 Å². The average Bonchev–Trinajstić information content (AvgIpc) is 3.45. The average molecular weight is 713 g/mol. The fraction of sp³-hybridized carbons (Fsp3) is 0.667. The number of aliphatic hydroxyl groups is 2. The zero-order valence-corrected chi connectivity index (χ0v) is 29.8. The quantitative estimate of drug-likeness (QED) is 0.0818. The number of unbranched alkanes of at least 4 members (excludes halogenated alkanes) is 10. The highest BCUT2D eigenvalue weighted by molar-refractivity contribution is 9.09. The number of aliphatic hydroxyl groups excluding tert-OH is 2. The molecule has 240 valence electrons. The molecule has 0 saturated carbocycles. The molecule has 0 aliphatic carbocycles. The Morgan fingerprint density at radius 1 is 0.762 bits per heavy atom. The van der Waals surface area contributed by atoms with Crippen molar-refractivity contribution in [1.29, 1.82) is 0 Å². The van der Waals surface area contributed by atoms with E-state index in [4.69, 9.17) is 10.8 Å². The lowest BCUT2D eigenvalue weighted by molar-refractivity contribution is 0.198. The summed E-state index contributed by atoms with van der Waals surface area (Å²) in [6, 6.07) is 17.2. The number of nitrogen functional groups attached to an aromatic ring is 1. The summed E-state index contributed by atoms with van der Waals surface area (Å²) >= 11 is 6.35. The third-order valence-electron chi connectivity index (χ3n) is 7.70. The number of rotatable bonds is 18. The van der Waals surface area contributed by atoms with Crippen molar-refractivity contribution in [3.63, 3.8) is 0 Å². The topological polar surface area (TPSA) is 69.7 Å². The molecule has 0 amide bonds. The molecule has 42 heavy (non-hydrogen) atoms. The van der Waals surface area contributed by atoms with E-state index in [9.17, 15) is 5.11 Å². The highest BCUT2D eigenvalue weighted by Crippen LogP contribution is 2.21. The van der Waals surface area contributed by atoms with Crippen molar-refractivity contribution in [2.75, 3.05) is 34.4 Å². The Hall–Kier alpha value is -1.08. The maximum Gasteiger partial charge on any atom is 0.0731 e. The van der Waals surface area contributed by atoms with Gasteiger partial charge >= 0.3 is 0 Å². The Balaban J connectivity index is 0.000000353. The molecule has 4 N–H and O–H groups in total. The molecule has 0 radical (unpaired) electrons. The third-order valence-corrected chi connectivity index (χ3v) is 8.91. The van der Waals surface area contributed by atoms with E-state index in [1.54, 1.807) is 0 Å². The van der Waals surface area contributed by atoms with E-state index >= 15 is 0 Å². The largest absolute Gasteiger partial charge is 0.399 e. The summed E-state index contributed by atoms with van der Waals surface area (Å²) in [5.41, 5.74) is 10.6. The van der Waals surface area contributed by atoms with Crippen LogP contribution in [0.3, 0.4) is 0 Å². The Labute approximate surface area is 275 Å². The van der Waals surface area contributed by atoms with Gasteiger partial charge in [-0.2, -0.15) is 0 Å². The maximum atomic E-state index is 9.58. The zero-order chi connectivity index (χ0) is 30.8. The number of hydrogen-bond acceptors (Lipinski definition) is 4. The highest BCUT2D eigenvalue weighted by Gasteiger charge is 2.20. The summed E-state index contributed by atoms with van der Waals surface area (Å²) in [4.78, 5) is 2.28. The first-order valence-corrected chi connectivity index (χ1v) is 18.8. The summed E-state index contributed by atoms with van der Waals surface area (Å²) in [6.07, 6.45) is 20.2. The summed E-state index contributed by atoms with van der Waals surface area (Å²) in [7, 11) is 0. The van der Waals surface area contributed by atoms with Gasteiger partial charge in [-0.15, -0.1) is 0 Å². The Morgan fingerprint density at radius 2 is 1.24 bits per heavy atom. The number of nitrogens with two attached hydrogens (primary N) is 1. The first-order valence-electron chi connectivity index (χ1n) is 16.6. The van der Waals surface area contributed by atoms with Crippen molar-refractivity contribution in [2.45, 2.75) is 129 Å². The number of benzene rings is 2. The lowest BCUT2D eigenvalue weighted by Crippen LogP contribution is -2.20. The third kappa shape index (κ3) is 20.0. The fourth-order valence-corrected chi connectivity index (χ4v) is 5.81. The molecule has 0 aromatic heterocycles. The van der Waals surface area contributed by atoms with Crippen molar-refractivity contribution in [2.24, 2.45) is 0 Å². The summed E-state index contributed by atoms with van der Waals surface area (Å²) < 4.78 is 0. The molecule has 2 aromatic rings. The van der Waals surface area contributed by atoms with Crippen LogP contribution < -0.4 is 10.6 Å². The van der Waals surface area contributed by atoms with Gasteiger partial charge in [0.25, 0.3) is 0 Å². The van der Waals surface area contributed by atoms with Crippen molar-refractivity contribution in [3.8, 4) is 0 Å². The Kier molecular flexibility index (Phi) is 24.4. The molecule has 1 aliphatic heterocycles. The van der Waals surface area contributed by atoms with E-state index in [1.807, 2.05) is 12.1 Å². The van der Waals surface area contributed by atoms with Gasteiger partial charge in [-0.05, 0) is 73.9 Å². The van der Waals surface area contributed by atoms with Crippen LogP contribution >= 0.6 is 31.9 Å². The second kappa shape index (κ2) is 26.3. The van der Waals surface area contributed by atoms with Gasteiger partial charge in [0, 0.05) is 35.1 Å². The second-order valence-electron chi connectivity index (χ2n) is 11.6. The lowest BCUT2D eigenvalue weighted by atomic mass is 10.0. The van der Waals surface area contributed by atoms with Crippen LogP contribution in [-0.4, -0.2) is 46.2 Å². The minimum atomic E-state index is -0.181. The number of anilines is 2. The van der Waals surface area contributed by atoms with Crippen LogP contribution in [0.1, 0.15) is 115 Å². The van der Waals surface area contributed by atoms with Crippen LogP contribution in [0.4, 0.5) is 11.4 Å². The van der Waals surface area contributed by atoms with E-state index < -0.39 is 0 Å². The number of alkyl halides is 2. The normalized spacial score (nSPS) is 15.0. The molecule has 3 rings (SSSR count). The summed E-state index contributed by atoms with van der Waals surface area (Å²) in [5, 5.41) is 19.9. The van der Waals surface area contributed by atoms with Gasteiger partial charge in [0.2, 0.25) is 0 Å². The van der Waals surface area contributed by atoms with Crippen molar-refractivity contribution in [3.05, 3.63) is 59.7 Å². The van der Waals surface area contributed by atoms with Gasteiger partial charge < -0.3 is 20.8 Å². The van der Waals surface area contributed by atoms with Crippen molar-refractivity contribution in [1.82, 2.24) is 0 Å². The standard InChI is InChI=1S/C18H29NO.C14H23N.C4H8Br2O/c1-2-3-4-5-6-7-8-16-9-11-17(12-10-16)19-14-13-18(20)15-19;1-2-3-4-5-6-7-8-13-9-11-14(15)12-10-13;5-2-1-4(7)3-6/h9-12,18,20H,2-8,13-15H2,1H3;9-12H,2-8,15H2,1H3;4,7H,1-3H2. The minimum absolute atomic E-state index is 0.141. The van der Waals surface area contributed by atoms with E-state index in [0.29, 0.717) is 5.33 Å². The number of β-amino-alcohol motifs (C(OH)–C–C–N with tert-alkyl or cyclic N) is 1. The highest BCUT2D eigenvalue weighted by atomic mass is 79.9. The predicted octanol–water partition coefficient (Wildman–Crippen LogP) is 9.86. The molecule has 1 heterocycles. The molecule has 2 atom stereocenters. The predicted molar refractivity (Wildman–Crippen MR) is 193 cm³/mol. The summed E-state index contributed by atoms with van der Waals surface area (Å²) in [5.74, 6) is 0. The molecule has 1 aliphatic rings. The van der Waals surface area contributed by atoms with Crippen LogP contribution in [-0.2, 0) is 12.8 Å². The van der Waals surface area contributed by atoms with Gasteiger partial charge in [-0.25, -0.2) is 0 Å².